The lowest BCUT2D eigenvalue weighted by molar-refractivity contribution is -0.157. The lowest BCUT2D eigenvalue weighted by Gasteiger charge is -2.20. The summed E-state index contributed by atoms with van der Waals surface area (Å²) in [6, 6.07) is 2.22. The molecule has 7 nitrogen and oxygen atoms in total. The molecule has 1 amide bonds. The predicted octanol–water partition coefficient (Wildman–Crippen LogP) is 1.90. The van der Waals surface area contributed by atoms with Crippen LogP contribution in [0.2, 0.25) is 0 Å². The van der Waals surface area contributed by atoms with Gasteiger partial charge >= 0.3 is 12.1 Å². The number of carbonyl (C=O) groups is 2. The summed E-state index contributed by atoms with van der Waals surface area (Å²) in [5.74, 6) is -2.89. The third kappa shape index (κ3) is 7.00. The molecule has 0 aliphatic heterocycles. The van der Waals surface area contributed by atoms with E-state index in [2.05, 4.69) is 4.72 Å². The Kier molecular flexibility index (Phi) is 6.42. The maximum Gasteiger partial charge on any atom is 0.391 e. The van der Waals surface area contributed by atoms with Crippen LogP contribution >= 0.6 is 0 Å². The van der Waals surface area contributed by atoms with E-state index in [0.717, 1.165) is 24.3 Å². The van der Waals surface area contributed by atoms with Crippen LogP contribution in [0.4, 0.5) is 13.2 Å². The number of hydrogen-bond donors (Lipinski definition) is 3. The Bertz CT molecular complexity index is 768. The molecule has 146 valence electrons. The number of alkyl halides is 3. The summed E-state index contributed by atoms with van der Waals surface area (Å²) in [6.45, 7) is 4.91. The van der Waals surface area contributed by atoms with Gasteiger partial charge in [0.2, 0.25) is 10.0 Å². The first-order valence-corrected chi connectivity index (χ1v) is 8.83. The van der Waals surface area contributed by atoms with Crippen molar-refractivity contribution in [2.75, 3.05) is 0 Å². The Morgan fingerprint density at radius 3 is 2.00 bits per heavy atom. The number of nitrogens with one attached hydrogen (secondary N) is 2. The second-order valence-corrected chi connectivity index (χ2v) is 8.25. The highest BCUT2D eigenvalue weighted by atomic mass is 32.2. The molecule has 1 aromatic rings. The molecule has 0 aliphatic rings. The molecule has 1 unspecified atom stereocenters. The van der Waals surface area contributed by atoms with Gasteiger partial charge in [0.25, 0.3) is 5.91 Å². The molecule has 0 radical (unpaired) electrons. The van der Waals surface area contributed by atoms with Gasteiger partial charge in [-0.3, -0.25) is 4.79 Å². The maximum absolute atomic E-state index is 12.4. The van der Waals surface area contributed by atoms with E-state index in [9.17, 15) is 31.2 Å². The summed E-state index contributed by atoms with van der Waals surface area (Å²) in [4.78, 5) is 22.6. The Hall–Kier alpha value is -2.14. The molecule has 1 aromatic carbocycles. The van der Waals surface area contributed by atoms with E-state index < -0.39 is 46.1 Å². The quantitative estimate of drug-likeness (QED) is 0.680. The molecule has 11 heteroatoms. The molecule has 0 aromatic heterocycles. The Labute approximate surface area is 148 Å². The number of aliphatic carboxylic acids is 1. The van der Waals surface area contributed by atoms with Crippen molar-refractivity contribution in [2.45, 2.75) is 49.8 Å². The zero-order valence-corrected chi connectivity index (χ0v) is 15.0. The third-order valence-electron chi connectivity index (χ3n) is 2.91. The molecule has 1 atom stereocenters. The van der Waals surface area contributed by atoms with E-state index in [1.54, 1.807) is 26.1 Å². The van der Waals surface area contributed by atoms with Crippen molar-refractivity contribution in [1.82, 2.24) is 10.0 Å². The monoisotopic (exact) mass is 396 g/mol. The lowest BCUT2D eigenvalue weighted by atomic mass is 10.1. The van der Waals surface area contributed by atoms with Crippen LogP contribution in [-0.4, -0.2) is 43.2 Å². The first-order valence-electron chi connectivity index (χ1n) is 7.35. The number of amides is 1. The summed E-state index contributed by atoms with van der Waals surface area (Å²) >= 11 is 0. The highest BCUT2D eigenvalue weighted by Gasteiger charge is 2.36. The first-order chi connectivity index (χ1) is 11.6. The van der Waals surface area contributed by atoms with Crippen molar-refractivity contribution in [3.8, 4) is 0 Å². The largest absolute Gasteiger partial charge is 0.480 e. The minimum atomic E-state index is -4.77. The number of hydrogen-bond acceptors (Lipinski definition) is 4. The van der Waals surface area contributed by atoms with Crippen molar-refractivity contribution in [3.05, 3.63) is 29.8 Å². The molecule has 0 aliphatic carbocycles. The fourth-order valence-electron chi connectivity index (χ4n) is 1.92. The van der Waals surface area contributed by atoms with Crippen LogP contribution in [0.5, 0.6) is 0 Å². The fourth-order valence-corrected chi connectivity index (χ4v) is 3.34. The van der Waals surface area contributed by atoms with Crippen molar-refractivity contribution >= 4 is 21.9 Å². The minimum Gasteiger partial charge on any atom is -0.480 e. The number of carboxylic acid groups (broad SMARTS) is 1. The van der Waals surface area contributed by atoms with Gasteiger partial charge in [0.1, 0.15) is 6.04 Å². The van der Waals surface area contributed by atoms with Crippen LogP contribution in [0.3, 0.4) is 0 Å². The summed E-state index contributed by atoms with van der Waals surface area (Å²) in [7, 11) is -3.85. The van der Waals surface area contributed by atoms with Gasteiger partial charge in [0.15, 0.2) is 0 Å². The highest BCUT2D eigenvalue weighted by Crippen LogP contribution is 2.22. The fraction of sp³-hybridized carbons (Fsp3) is 0.467. The Morgan fingerprint density at radius 2 is 1.62 bits per heavy atom. The average Bonchev–Trinajstić information content (AvgIpc) is 2.42. The Balaban J connectivity index is 2.94. The SMILES string of the molecule is CC(C)(C)NS(=O)(=O)c1ccc(C(=O)NC(CC(F)(F)F)C(=O)O)cc1. The molecule has 26 heavy (non-hydrogen) atoms. The van der Waals surface area contributed by atoms with E-state index in [1.165, 1.54) is 0 Å². The zero-order valence-electron chi connectivity index (χ0n) is 14.2. The molecule has 0 heterocycles. The summed E-state index contributed by atoms with van der Waals surface area (Å²) in [5.41, 5.74) is -0.908. The zero-order chi connectivity index (χ0) is 20.3. The molecule has 0 spiro atoms. The first kappa shape index (κ1) is 21.9. The van der Waals surface area contributed by atoms with Crippen molar-refractivity contribution in [3.63, 3.8) is 0 Å². The van der Waals surface area contributed by atoms with Gasteiger partial charge in [-0.1, -0.05) is 0 Å². The van der Waals surface area contributed by atoms with Crippen LogP contribution in [0.15, 0.2) is 29.2 Å². The van der Waals surface area contributed by atoms with Gasteiger partial charge in [0.05, 0.1) is 11.3 Å². The predicted molar refractivity (Wildman–Crippen MR) is 86.1 cm³/mol. The standard InChI is InChI=1S/C15H19F3N2O5S/c1-14(2,3)20-26(24,25)10-6-4-9(5-7-10)12(21)19-11(13(22)23)8-15(16,17)18/h4-7,11,20H,8H2,1-3H3,(H,19,21)(H,22,23). The van der Waals surface area contributed by atoms with Crippen molar-refractivity contribution in [2.24, 2.45) is 0 Å². The second kappa shape index (κ2) is 7.62. The Morgan fingerprint density at radius 1 is 1.12 bits per heavy atom. The maximum atomic E-state index is 12.4. The third-order valence-corrected chi connectivity index (χ3v) is 4.68. The molecule has 0 saturated heterocycles. The molecule has 0 bridgehead atoms. The topological polar surface area (TPSA) is 113 Å². The van der Waals surface area contributed by atoms with Crippen LogP contribution in [0, 0.1) is 0 Å². The number of carbonyl (C=O) groups excluding carboxylic acids is 1. The van der Waals surface area contributed by atoms with Gasteiger partial charge in [0, 0.05) is 11.1 Å². The molecule has 0 fully saturated rings. The second-order valence-electron chi connectivity index (χ2n) is 6.56. The van der Waals surface area contributed by atoms with Crippen LogP contribution < -0.4 is 10.0 Å². The van der Waals surface area contributed by atoms with Crippen LogP contribution in [0.1, 0.15) is 37.6 Å². The smallest absolute Gasteiger partial charge is 0.391 e. The van der Waals surface area contributed by atoms with Crippen molar-refractivity contribution in [1.29, 1.82) is 0 Å². The van der Waals surface area contributed by atoms with Gasteiger partial charge in [-0.15, -0.1) is 0 Å². The molecule has 0 saturated carbocycles. The normalized spacial score (nSPS) is 13.9. The van der Waals surface area contributed by atoms with E-state index in [0.29, 0.717) is 0 Å². The van der Waals surface area contributed by atoms with E-state index in [1.807, 2.05) is 0 Å². The van der Waals surface area contributed by atoms with Gasteiger partial charge < -0.3 is 10.4 Å². The number of sulfonamides is 1. The van der Waals surface area contributed by atoms with Crippen molar-refractivity contribution < 1.29 is 36.3 Å². The van der Waals surface area contributed by atoms with E-state index in [-0.39, 0.29) is 10.5 Å². The van der Waals surface area contributed by atoms with Gasteiger partial charge in [-0.2, -0.15) is 13.2 Å². The number of benzene rings is 1. The molecular weight excluding hydrogens is 377 g/mol. The van der Waals surface area contributed by atoms with E-state index >= 15 is 0 Å². The van der Waals surface area contributed by atoms with Gasteiger partial charge in [-0.25, -0.2) is 17.9 Å². The summed E-state index contributed by atoms with van der Waals surface area (Å²) < 4.78 is 63.7. The van der Waals surface area contributed by atoms with Gasteiger partial charge in [-0.05, 0) is 45.0 Å². The lowest BCUT2D eigenvalue weighted by Crippen LogP contribution is -2.43. The van der Waals surface area contributed by atoms with E-state index in [4.69, 9.17) is 5.11 Å². The summed E-state index contributed by atoms with van der Waals surface area (Å²) in [5, 5.41) is 10.6. The minimum absolute atomic E-state index is 0.144. The highest BCUT2D eigenvalue weighted by molar-refractivity contribution is 7.89. The van der Waals surface area contributed by atoms with Crippen LogP contribution in [-0.2, 0) is 14.8 Å². The number of halogens is 3. The molecular formula is C15H19F3N2O5S. The average molecular weight is 396 g/mol. The molecule has 1 rings (SSSR count). The van der Waals surface area contributed by atoms with Crippen LogP contribution in [0.25, 0.3) is 0 Å². The summed E-state index contributed by atoms with van der Waals surface area (Å²) in [6.07, 6.45) is -6.50. The number of carboxylic acids is 1. The molecule has 3 N–H and O–H groups in total. The number of rotatable bonds is 6.